The van der Waals surface area contributed by atoms with Gasteiger partial charge in [0.2, 0.25) is 5.91 Å². The van der Waals surface area contributed by atoms with Crippen molar-refractivity contribution >= 4 is 17.7 Å². The summed E-state index contributed by atoms with van der Waals surface area (Å²) in [6.45, 7) is 0.424. The van der Waals surface area contributed by atoms with Crippen LogP contribution in [-0.4, -0.2) is 39.0 Å². The number of carboxylic acids is 1. The van der Waals surface area contributed by atoms with E-state index >= 15 is 0 Å². The molecule has 26 heavy (non-hydrogen) atoms. The molecule has 3 heterocycles. The monoisotopic (exact) mass is 357 g/mol. The molecule has 0 radical (unpaired) electrons. The highest BCUT2D eigenvalue weighted by Gasteiger charge is 2.53. The number of halogens is 1. The fourth-order valence-corrected chi connectivity index (χ4v) is 3.42. The van der Waals surface area contributed by atoms with E-state index in [0.717, 1.165) is 5.56 Å². The predicted octanol–water partition coefficient (Wildman–Crippen LogP) is 1.66. The zero-order chi connectivity index (χ0) is 18.3. The van der Waals surface area contributed by atoms with Gasteiger partial charge in [-0.3, -0.25) is 14.3 Å². The van der Waals surface area contributed by atoms with Crippen molar-refractivity contribution in [2.45, 2.75) is 18.8 Å². The van der Waals surface area contributed by atoms with Crippen molar-refractivity contribution in [3.05, 3.63) is 60.1 Å². The van der Waals surface area contributed by atoms with E-state index in [1.54, 1.807) is 41.2 Å². The molecule has 1 fully saturated rings. The highest BCUT2D eigenvalue weighted by Crippen LogP contribution is 2.39. The molecule has 8 heteroatoms. The van der Waals surface area contributed by atoms with Crippen molar-refractivity contribution in [1.29, 1.82) is 0 Å². The molecule has 0 unspecified atom stereocenters. The van der Waals surface area contributed by atoms with Gasteiger partial charge in [0.05, 0.1) is 24.7 Å². The maximum atomic E-state index is 12.9. The largest absolute Gasteiger partial charge is 0.481 e. The molecule has 1 saturated heterocycles. The zero-order valence-electron chi connectivity index (χ0n) is 13.6. The van der Waals surface area contributed by atoms with Gasteiger partial charge in [0.1, 0.15) is 11.7 Å². The van der Waals surface area contributed by atoms with Gasteiger partial charge in [0, 0.05) is 12.3 Å². The number of amides is 1. The second-order valence-electron chi connectivity index (χ2n) is 6.35. The maximum Gasteiger partial charge on any atom is 0.310 e. The van der Waals surface area contributed by atoms with Crippen LogP contribution in [0.3, 0.4) is 0 Å². The molecule has 2 aromatic rings. The minimum Gasteiger partial charge on any atom is -0.481 e. The van der Waals surface area contributed by atoms with Crippen molar-refractivity contribution in [3.8, 4) is 0 Å². The summed E-state index contributed by atoms with van der Waals surface area (Å²) < 4.78 is 20.1. The summed E-state index contributed by atoms with van der Waals surface area (Å²) in [5.41, 5.74) is 0.866. The topological polar surface area (TPSA) is 93.4 Å². The average molecular weight is 357 g/mol. The number of carboxylic acid groups (broad SMARTS) is 1. The first-order chi connectivity index (χ1) is 12.5. The smallest absolute Gasteiger partial charge is 0.310 e. The number of carbonyl (C=O) groups excluding carboxylic acids is 1. The van der Waals surface area contributed by atoms with Crippen LogP contribution in [0.1, 0.15) is 5.56 Å². The van der Waals surface area contributed by atoms with Gasteiger partial charge in [-0.05, 0) is 17.7 Å². The second-order valence-corrected chi connectivity index (χ2v) is 6.35. The molecule has 2 aliphatic heterocycles. The lowest BCUT2D eigenvalue weighted by atomic mass is 9.82. The normalized spacial score (nSPS) is 26.2. The summed E-state index contributed by atoms with van der Waals surface area (Å²) in [7, 11) is 0. The van der Waals surface area contributed by atoms with Crippen LogP contribution >= 0.6 is 0 Å². The minimum absolute atomic E-state index is 0.308. The Bertz CT molecular complexity index is 877. The van der Waals surface area contributed by atoms with Crippen LogP contribution in [0.5, 0.6) is 0 Å². The van der Waals surface area contributed by atoms with Gasteiger partial charge in [0.15, 0.2) is 5.82 Å². The van der Waals surface area contributed by atoms with Crippen LogP contribution < -0.4 is 5.32 Å². The van der Waals surface area contributed by atoms with E-state index in [0.29, 0.717) is 12.4 Å². The summed E-state index contributed by atoms with van der Waals surface area (Å²) in [5, 5.41) is 16.3. The molecule has 2 bridgehead atoms. The number of aliphatic carboxylic acids is 1. The molecule has 2 N–H and O–H groups in total. The Hall–Kier alpha value is -3.00. The van der Waals surface area contributed by atoms with Gasteiger partial charge in [-0.1, -0.05) is 24.3 Å². The van der Waals surface area contributed by atoms with Crippen molar-refractivity contribution in [1.82, 2.24) is 9.78 Å². The molecular formula is C18H16FN3O4. The molecule has 0 spiro atoms. The number of nitrogens with one attached hydrogen (secondary N) is 1. The summed E-state index contributed by atoms with van der Waals surface area (Å²) in [6, 6.07) is 7.69. The Balaban J connectivity index is 1.44. The van der Waals surface area contributed by atoms with Gasteiger partial charge in [-0.15, -0.1) is 0 Å². The van der Waals surface area contributed by atoms with Crippen LogP contribution in [0, 0.1) is 17.7 Å². The van der Waals surface area contributed by atoms with Gasteiger partial charge in [-0.2, -0.15) is 5.10 Å². The number of aromatic nitrogens is 2. The molecule has 0 aliphatic carbocycles. The Labute approximate surface area is 148 Å². The first kappa shape index (κ1) is 16.5. The number of ether oxygens (including phenoxy) is 1. The molecule has 4 rings (SSSR count). The lowest BCUT2D eigenvalue weighted by Gasteiger charge is -2.20. The van der Waals surface area contributed by atoms with E-state index in [4.69, 9.17) is 4.74 Å². The highest BCUT2D eigenvalue weighted by molar-refractivity contribution is 5.96. The van der Waals surface area contributed by atoms with E-state index in [-0.39, 0.29) is 5.82 Å². The Morgan fingerprint density at radius 2 is 1.85 bits per heavy atom. The van der Waals surface area contributed by atoms with Crippen LogP contribution in [0.2, 0.25) is 0 Å². The standard InChI is InChI=1S/C18H16FN3O4/c19-11-3-1-10(2-4-11)9-22-8-7-14(21-22)20-17(23)15-12-5-6-13(26-12)16(15)18(24)25/h1-8,12-13,15-16H,9H2,(H,24,25)(H,20,21,23)/t12-,13-,15-,16+/m1/s1. The summed E-state index contributed by atoms with van der Waals surface area (Å²) in [6.07, 6.45) is 4.00. The molecule has 1 aromatic heterocycles. The van der Waals surface area contributed by atoms with E-state index in [2.05, 4.69) is 10.4 Å². The fraction of sp³-hybridized carbons (Fsp3) is 0.278. The van der Waals surface area contributed by atoms with Crippen LogP contribution in [0.25, 0.3) is 0 Å². The number of carbonyl (C=O) groups is 2. The van der Waals surface area contributed by atoms with Crippen molar-refractivity contribution in [3.63, 3.8) is 0 Å². The third-order valence-corrected chi connectivity index (χ3v) is 4.64. The molecule has 7 nitrogen and oxygen atoms in total. The van der Waals surface area contributed by atoms with Crippen LogP contribution in [-0.2, 0) is 20.9 Å². The molecule has 1 aromatic carbocycles. The Morgan fingerprint density at radius 1 is 1.15 bits per heavy atom. The highest BCUT2D eigenvalue weighted by atomic mass is 19.1. The molecule has 4 atom stereocenters. The summed E-state index contributed by atoms with van der Waals surface area (Å²) in [4.78, 5) is 24.0. The predicted molar refractivity (Wildman–Crippen MR) is 88.8 cm³/mol. The molecule has 134 valence electrons. The van der Waals surface area contributed by atoms with Crippen molar-refractivity contribution in [2.75, 3.05) is 5.32 Å². The minimum atomic E-state index is -1.05. The van der Waals surface area contributed by atoms with Crippen molar-refractivity contribution in [2.24, 2.45) is 11.8 Å². The number of anilines is 1. The van der Waals surface area contributed by atoms with Gasteiger partial charge in [0.25, 0.3) is 0 Å². The molecule has 1 amide bonds. The number of fused-ring (bicyclic) bond motifs is 2. The fourth-order valence-electron chi connectivity index (χ4n) is 3.42. The number of hydrogen-bond acceptors (Lipinski definition) is 4. The second kappa shape index (κ2) is 6.38. The third kappa shape index (κ3) is 2.99. The zero-order valence-corrected chi connectivity index (χ0v) is 13.6. The van der Waals surface area contributed by atoms with Gasteiger partial charge < -0.3 is 15.2 Å². The lowest BCUT2D eigenvalue weighted by Crippen LogP contribution is -2.39. The van der Waals surface area contributed by atoms with E-state index in [9.17, 15) is 19.1 Å². The SMILES string of the molecule is O=C(O)[C@@H]1[C@H](C(=O)Nc2ccn(Cc3ccc(F)cc3)n2)[C@H]2C=C[C@H]1O2. The van der Waals surface area contributed by atoms with Crippen LogP contribution in [0.4, 0.5) is 10.2 Å². The number of rotatable bonds is 5. The number of hydrogen-bond donors (Lipinski definition) is 2. The van der Waals surface area contributed by atoms with Gasteiger partial charge in [-0.25, -0.2) is 4.39 Å². The third-order valence-electron chi connectivity index (χ3n) is 4.64. The summed E-state index contributed by atoms with van der Waals surface area (Å²) in [5.74, 6) is -3.15. The van der Waals surface area contributed by atoms with Crippen LogP contribution in [0.15, 0.2) is 48.7 Å². The molecule has 0 saturated carbocycles. The van der Waals surface area contributed by atoms with E-state index in [1.165, 1.54) is 12.1 Å². The van der Waals surface area contributed by atoms with E-state index in [1.807, 2.05) is 0 Å². The number of benzene rings is 1. The molecular weight excluding hydrogens is 341 g/mol. The van der Waals surface area contributed by atoms with Crippen molar-refractivity contribution < 1.29 is 23.8 Å². The Kier molecular flexibility index (Phi) is 4.04. The van der Waals surface area contributed by atoms with Gasteiger partial charge >= 0.3 is 5.97 Å². The first-order valence-electron chi connectivity index (χ1n) is 8.16. The summed E-state index contributed by atoms with van der Waals surface area (Å²) >= 11 is 0. The first-order valence-corrected chi connectivity index (χ1v) is 8.16. The Morgan fingerprint density at radius 3 is 2.54 bits per heavy atom. The average Bonchev–Trinajstić information content (AvgIpc) is 3.32. The molecule has 2 aliphatic rings. The maximum absolute atomic E-state index is 12.9. The lowest BCUT2D eigenvalue weighted by molar-refractivity contribution is -0.145. The number of nitrogens with zero attached hydrogens (tertiary/aromatic N) is 2. The van der Waals surface area contributed by atoms with E-state index < -0.39 is 35.9 Å². The quantitative estimate of drug-likeness (QED) is 0.794.